The van der Waals surface area contributed by atoms with Gasteiger partial charge in [0, 0.05) is 19.2 Å². The van der Waals surface area contributed by atoms with Gasteiger partial charge in [-0.15, -0.1) is 0 Å². The standard InChI is InChI=1S/C11H18N2O/c1-9-7-10(13(2)12-9)8-11(14)5-3-4-6-11/h7,14H,3-6,8H2,1-2H3. The molecule has 78 valence electrons. The van der Waals surface area contributed by atoms with Crippen molar-refractivity contribution < 1.29 is 5.11 Å². The van der Waals surface area contributed by atoms with Crippen molar-refractivity contribution in [2.45, 2.75) is 44.6 Å². The number of aliphatic hydroxyl groups is 1. The maximum atomic E-state index is 10.2. The molecule has 1 heterocycles. The fourth-order valence-electron chi connectivity index (χ4n) is 2.38. The van der Waals surface area contributed by atoms with Crippen LogP contribution in [0.4, 0.5) is 0 Å². The molecule has 1 fully saturated rings. The minimum absolute atomic E-state index is 0.458. The van der Waals surface area contributed by atoms with Gasteiger partial charge in [0.15, 0.2) is 0 Å². The van der Waals surface area contributed by atoms with E-state index in [1.54, 1.807) is 0 Å². The summed E-state index contributed by atoms with van der Waals surface area (Å²) >= 11 is 0. The van der Waals surface area contributed by atoms with Gasteiger partial charge in [0.1, 0.15) is 0 Å². The average molecular weight is 194 g/mol. The molecule has 0 amide bonds. The van der Waals surface area contributed by atoms with Gasteiger partial charge >= 0.3 is 0 Å². The minimum Gasteiger partial charge on any atom is -0.389 e. The van der Waals surface area contributed by atoms with Gasteiger partial charge in [-0.25, -0.2) is 0 Å². The van der Waals surface area contributed by atoms with Gasteiger partial charge in [0.2, 0.25) is 0 Å². The SMILES string of the molecule is Cc1cc(CC2(O)CCCC2)n(C)n1. The van der Waals surface area contributed by atoms with Crippen LogP contribution in [0.2, 0.25) is 0 Å². The molecule has 3 nitrogen and oxygen atoms in total. The second kappa shape index (κ2) is 3.39. The fraction of sp³-hybridized carbons (Fsp3) is 0.727. The third-order valence-electron chi connectivity index (χ3n) is 3.14. The molecular weight excluding hydrogens is 176 g/mol. The Labute approximate surface area is 84.7 Å². The number of hydrogen-bond donors (Lipinski definition) is 1. The van der Waals surface area contributed by atoms with E-state index in [1.807, 2.05) is 18.7 Å². The minimum atomic E-state index is -0.458. The highest BCUT2D eigenvalue weighted by Crippen LogP contribution is 2.32. The molecule has 3 heteroatoms. The van der Waals surface area contributed by atoms with Crippen LogP contribution in [0.25, 0.3) is 0 Å². The van der Waals surface area contributed by atoms with Crippen molar-refractivity contribution in [2.75, 3.05) is 0 Å². The summed E-state index contributed by atoms with van der Waals surface area (Å²) in [6.07, 6.45) is 4.96. The fourth-order valence-corrected chi connectivity index (χ4v) is 2.38. The quantitative estimate of drug-likeness (QED) is 0.776. The molecule has 1 aromatic heterocycles. The van der Waals surface area contributed by atoms with Gasteiger partial charge in [-0.3, -0.25) is 4.68 Å². The molecular formula is C11H18N2O. The van der Waals surface area contributed by atoms with E-state index in [2.05, 4.69) is 11.2 Å². The van der Waals surface area contributed by atoms with Gasteiger partial charge in [0.05, 0.1) is 11.3 Å². The molecule has 0 aromatic carbocycles. The van der Waals surface area contributed by atoms with E-state index < -0.39 is 5.60 Å². The summed E-state index contributed by atoms with van der Waals surface area (Å²) in [5.41, 5.74) is 1.72. The van der Waals surface area contributed by atoms with Crippen LogP contribution in [0.5, 0.6) is 0 Å². The van der Waals surface area contributed by atoms with E-state index >= 15 is 0 Å². The van der Waals surface area contributed by atoms with Crippen molar-refractivity contribution in [1.82, 2.24) is 9.78 Å². The molecule has 0 spiro atoms. The van der Waals surface area contributed by atoms with E-state index in [4.69, 9.17) is 0 Å². The van der Waals surface area contributed by atoms with E-state index in [-0.39, 0.29) is 0 Å². The summed E-state index contributed by atoms with van der Waals surface area (Å²) in [7, 11) is 1.95. The highest BCUT2D eigenvalue weighted by molar-refractivity contribution is 5.12. The molecule has 0 bridgehead atoms. The normalized spacial score (nSPS) is 20.2. The van der Waals surface area contributed by atoms with Crippen LogP contribution in [0.15, 0.2) is 6.07 Å². The van der Waals surface area contributed by atoms with Crippen molar-refractivity contribution >= 4 is 0 Å². The van der Waals surface area contributed by atoms with Crippen LogP contribution in [0.1, 0.15) is 37.1 Å². The zero-order valence-corrected chi connectivity index (χ0v) is 8.95. The first-order chi connectivity index (χ1) is 6.59. The first kappa shape index (κ1) is 9.71. The number of rotatable bonds is 2. The zero-order valence-electron chi connectivity index (χ0n) is 8.95. The maximum Gasteiger partial charge on any atom is 0.0702 e. The van der Waals surface area contributed by atoms with Crippen molar-refractivity contribution in [3.8, 4) is 0 Å². The largest absolute Gasteiger partial charge is 0.389 e. The van der Waals surface area contributed by atoms with Crippen LogP contribution >= 0.6 is 0 Å². The smallest absolute Gasteiger partial charge is 0.0702 e. The Kier molecular flexibility index (Phi) is 2.35. The van der Waals surface area contributed by atoms with E-state index in [9.17, 15) is 5.11 Å². The Morgan fingerprint density at radius 2 is 2.14 bits per heavy atom. The first-order valence-corrected chi connectivity index (χ1v) is 5.31. The monoisotopic (exact) mass is 194 g/mol. The first-order valence-electron chi connectivity index (χ1n) is 5.31. The maximum absolute atomic E-state index is 10.2. The predicted octanol–water partition coefficient (Wildman–Crippen LogP) is 1.58. The van der Waals surface area contributed by atoms with Crippen molar-refractivity contribution in [3.63, 3.8) is 0 Å². The lowest BCUT2D eigenvalue weighted by atomic mass is 9.96. The predicted molar refractivity (Wildman–Crippen MR) is 55.1 cm³/mol. The van der Waals surface area contributed by atoms with Crippen LogP contribution < -0.4 is 0 Å². The van der Waals surface area contributed by atoms with Crippen molar-refractivity contribution in [2.24, 2.45) is 7.05 Å². The van der Waals surface area contributed by atoms with E-state index in [0.29, 0.717) is 0 Å². The average Bonchev–Trinajstić information content (AvgIpc) is 2.61. The Balaban J connectivity index is 2.13. The van der Waals surface area contributed by atoms with Crippen molar-refractivity contribution in [1.29, 1.82) is 0 Å². The molecule has 2 rings (SSSR count). The van der Waals surface area contributed by atoms with Crippen LogP contribution in [0.3, 0.4) is 0 Å². The lowest BCUT2D eigenvalue weighted by Gasteiger charge is -2.21. The van der Waals surface area contributed by atoms with Crippen LogP contribution in [0, 0.1) is 6.92 Å². The highest BCUT2D eigenvalue weighted by atomic mass is 16.3. The third-order valence-corrected chi connectivity index (χ3v) is 3.14. The van der Waals surface area contributed by atoms with Crippen LogP contribution in [-0.2, 0) is 13.5 Å². The zero-order chi connectivity index (χ0) is 10.2. The summed E-state index contributed by atoms with van der Waals surface area (Å²) in [6, 6.07) is 2.07. The Bertz CT molecular complexity index is 324. The lowest BCUT2D eigenvalue weighted by molar-refractivity contribution is 0.0463. The Morgan fingerprint density at radius 1 is 1.50 bits per heavy atom. The molecule has 1 aromatic rings. The lowest BCUT2D eigenvalue weighted by Crippen LogP contribution is -2.28. The second-order valence-electron chi connectivity index (χ2n) is 4.51. The second-order valence-corrected chi connectivity index (χ2v) is 4.51. The molecule has 1 aliphatic rings. The summed E-state index contributed by atoms with van der Waals surface area (Å²) in [6.45, 7) is 1.99. The number of aromatic nitrogens is 2. The molecule has 0 aliphatic heterocycles. The molecule has 14 heavy (non-hydrogen) atoms. The molecule has 1 aliphatic carbocycles. The Hall–Kier alpha value is -0.830. The molecule has 0 atom stereocenters. The molecule has 1 saturated carbocycles. The van der Waals surface area contributed by atoms with Gasteiger partial charge in [-0.2, -0.15) is 5.10 Å². The van der Waals surface area contributed by atoms with Crippen molar-refractivity contribution in [3.05, 3.63) is 17.5 Å². The topological polar surface area (TPSA) is 38.0 Å². The van der Waals surface area contributed by atoms with E-state index in [0.717, 1.165) is 43.5 Å². The molecule has 1 N–H and O–H groups in total. The molecule has 0 saturated heterocycles. The van der Waals surface area contributed by atoms with Crippen LogP contribution in [-0.4, -0.2) is 20.5 Å². The highest BCUT2D eigenvalue weighted by Gasteiger charge is 2.32. The summed E-state index contributed by atoms with van der Waals surface area (Å²) in [4.78, 5) is 0. The van der Waals surface area contributed by atoms with Gasteiger partial charge < -0.3 is 5.11 Å². The number of hydrogen-bond acceptors (Lipinski definition) is 2. The Morgan fingerprint density at radius 3 is 2.64 bits per heavy atom. The van der Waals surface area contributed by atoms with Gasteiger partial charge in [-0.1, -0.05) is 12.8 Å². The molecule has 0 unspecified atom stereocenters. The third kappa shape index (κ3) is 1.82. The number of aryl methyl sites for hydroxylation is 2. The van der Waals surface area contributed by atoms with Gasteiger partial charge in [0.25, 0.3) is 0 Å². The number of nitrogens with zero attached hydrogens (tertiary/aromatic N) is 2. The summed E-state index contributed by atoms with van der Waals surface area (Å²) in [5, 5.41) is 14.5. The van der Waals surface area contributed by atoms with Gasteiger partial charge in [-0.05, 0) is 25.8 Å². The summed E-state index contributed by atoms with van der Waals surface area (Å²) < 4.78 is 1.88. The van der Waals surface area contributed by atoms with E-state index in [1.165, 1.54) is 0 Å². The molecule has 0 radical (unpaired) electrons. The summed E-state index contributed by atoms with van der Waals surface area (Å²) in [5.74, 6) is 0.